The lowest BCUT2D eigenvalue weighted by molar-refractivity contribution is -0.139. The van der Waals surface area contributed by atoms with Gasteiger partial charge in [0, 0.05) is 11.0 Å². The number of nitrogens with zero attached hydrogens (tertiary/aromatic N) is 1. The first-order valence-corrected chi connectivity index (χ1v) is 6.67. The summed E-state index contributed by atoms with van der Waals surface area (Å²) >= 11 is 3.39. The summed E-state index contributed by atoms with van der Waals surface area (Å²) in [6.45, 7) is 2.67. The third kappa shape index (κ3) is 3.30. The van der Waals surface area contributed by atoms with E-state index in [0.29, 0.717) is 6.54 Å². The van der Waals surface area contributed by atoms with Gasteiger partial charge in [-0.2, -0.15) is 0 Å². The van der Waals surface area contributed by atoms with Crippen LogP contribution in [0.5, 0.6) is 0 Å². The second-order valence-corrected chi connectivity index (χ2v) is 5.37. The molecule has 4 heteroatoms. The Hall–Kier alpha value is -0.870. The number of carbonyl (C=O) groups is 1. The number of hydrogen-bond donors (Lipinski definition) is 1. The summed E-state index contributed by atoms with van der Waals surface area (Å²) in [5.74, 6) is -1.17. The van der Waals surface area contributed by atoms with Crippen molar-refractivity contribution in [3.05, 3.63) is 34.3 Å². The van der Waals surface area contributed by atoms with Gasteiger partial charge in [0.05, 0.1) is 5.92 Å². The Morgan fingerprint density at radius 2 is 2.12 bits per heavy atom. The Labute approximate surface area is 110 Å². The zero-order valence-electron chi connectivity index (χ0n) is 9.60. The van der Waals surface area contributed by atoms with Crippen LogP contribution >= 0.6 is 15.9 Å². The van der Waals surface area contributed by atoms with Crippen molar-refractivity contribution < 1.29 is 9.90 Å². The number of carboxylic acid groups (broad SMARTS) is 1. The van der Waals surface area contributed by atoms with Gasteiger partial charge in [0.2, 0.25) is 0 Å². The number of benzene rings is 1. The largest absolute Gasteiger partial charge is 0.481 e. The fraction of sp³-hybridized carbons (Fsp3) is 0.462. The van der Waals surface area contributed by atoms with Crippen molar-refractivity contribution >= 4 is 21.9 Å². The molecule has 1 fully saturated rings. The molecule has 1 aliphatic heterocycles. The van der Waals surface area contributed by atoms with Crippen LogP contribution in [0.4, 0.5) is 0 Å². The Kier molecular flexibility index (Phi) is 4.18. The van der Waals surface area contributed by atoms with Crippen molar-refractivity contribution in [3.8, 4) is 0 Å². The van der Waals surface area contributed by atoms with Gasteiger partial charge in [0.15, 0.2) is 0 Å². The average Bonchev–Trinajstić information content (AvgIpc) is 2.78. The van der Waals surface area contributed by atoms with Gasteiger partial charge >= 0.3 is 5.97 Å². The first kappa shape index (κ1) is 12.6. The maximum atomic E-state index is 11.4. The highest BCUT2D eigenvalue weighted by molar-refractivity contribution is 9.10. The van der Waals surface area contributed by atoms with Gasteiger partial charge in [-0.15, -0.1) is 0 Å². The Balaban J connectivity index is 2.13. The van der Waals surface area contributed by atoms with Crippen LogP contribution in [0.2, 0.25) is 0 Å². The summed E-state index contributed by atoms with van der Waals surface area (Å²) in [6.07, 6.45) is 2.37. The predicted molar refractivity (Wildman–Crippen MR) is 70.2 cm³/mol. The van der Waals surface area contributed by atoms with Crippen LogP contribution in [0.3, 0.4) is 0 Å². The van der Waals surface area contributed by atoms with E-state index in [-0.39, 0.29) is 0 Å². The van der Waals surface area contributed by atoms with Crippen LogP contribution in [0, 0.1) is 0 Å². The minimum atomic E-state index is -0.741. The van der Waals surface area contributed by atoms with Crippen molar-refractivity contribution in [2.75, 3.05) is 19.6 Å². The predicted octanol–water partition coefficient (Wildman–Crippen LogP) is 2.71. The van der Waals surface area contributed by atoms with Crippen molar-refractivity contribution in [1.82, 2.24) is 4.90 Å². The molecular formula is C13H16BrNO2. The summed E-state index contributed by atoms with van der Waals surface area (Å²) in [4.78, 5) is 13.6. The number of aliphatic carboxylic acids is 1. The molecule has 92 valence electrons. The maximum Gasteiger partial charge on any atom is 0.312 e. The third-order valence-corrected chi connectivity index (χ3v) is 3.68. The molecule has 1 aliphatic rings. The Morgan fingerprint density at radius 1 is 1.41 bits per heavy atom. The molecule has 1 aromatic rings. The highest BCUT2D eigenvalue weighted by Crippen LogP contribution is 2.23. The van der Waals surface area contributed by atoms with E-state index >= 15 is 0 Å². The molecule has 0 aliphatic carbocycles. The van der Waals surface area contributed by atoms with E-state index < -0.39 is 11.9 Å². The van der Waals surface area contributed by atoms with Gasteiger partial charge < -0.3 is 10.0 Å². The molecule has 3 nitrogen and oxygen atoms in total. The van der Waals surface area contributed by atoms with E-state index in [2.05, 4.69) is 20.8 Å². The first-order chi connectivity index (χ1) is 8.16. The molecule has 0 saturated carbocycles. The first-order valence-electron chi connectivity index (χ1n) is 5.87. The van der Waals surface area contributed by atoms with Crippen LogP contribution in [0.15, 0.2) is 28.7 Å². The lowest BCUT2D eigenvalue weighted by atomic mass is 9.99. The lowest BCUT2D eigenvalue weighted by Crippen LogP contribution is -2.29. The molecule has 17 heavy (non-hydrogen) atoms. The van der Waals surface area contributed by atoms with Gasteiger partial charge in [-0.3, -0.25) is 4.79 Å². The van der Waals surface area contributed by atoms with E-state index in [9.17, 15) is 9.90 Å². The van der Waals surface area contributed by atoms with Crippen molar-refractivity contribution in [3.63, 3.8) is 0 Å². The summed E-state index contributed by atoms with van der Waals surface area (Å²) in [5.41, 5.74) is 0.874. The average molecular weight is 298 g/mol. The normalized spacial score (nSPS) is 18.2. The summed E-state index contributed by atoms with van der Waals surface area (Å²) in [7, 11) is 0. The quantitative estimate of drug-likeness (QED) is 0.929. The topological polar surface area (TPSA) is 40.5 Å². The smallest absolute Gasteiger partial charge is 0.312 e. The SMILES string of the molecule is O=C(O)C(CN1CCCC1)c1cccc(Br)c1. The second kappa shape index (κ2) is 5.65. The zero-order valence-corrected chi connectivity index (χ0v) is 11.2. The standard InChI is InChI=1S/C13H16BrNO2/c14-11-5-3-4-10(8-11)12(13(16)17)9-15-6-1-2-7-15/h3-5,8,12H,1-2,6-7,9H2,(H,16,17). The number of likely N-dealkylation sites (tertiary alicyclic amines) is 1. The minimum Gasteiger partial charge on any atom is -0.481 e. The van der Waals surface area contributed by atoms with E-state index in [1.54, 1.807) is 0 Å². The van der Waals surface area contributed by atoms with Gasteiger partial charge in [-0.1, -0.05) is 28.1 Å². The van der Waals surface area contributed by atoms with Crippen LogP contribution in [0.25, 0.3) is 0 Å². The molecule has 1 aromatic carbocycles. The van der Waals surface area contributed by atoms with E-state index in [1.165, 1.54) is 12.8 Å². The van der Waals surface area contributed by atoms with Gasteiger partial charge in [-0.25, -0.2) is 0 Å². The highest BCUT2D eigenvalue weighted by atomic mass is 79.9. The molecule has 0 radical (unpaired) electrons. The molecule has 0 aromatic heterocycles. The molecular weight excluding hydrogens is 282 g/mol. The zero-order chi connectivity index (χ0) is 12.3. The lowest BCUT2D eigenvalue weighted by Gasteiger charge is -2.20. The third-order valence-electron chi connectivity index (χ3n) is 3.19. The fourth-order valence-corrected chi connectivity index (χ4v) is 2.69. The van der Waals surface area contributed by atoms with Crippen LogP contribution < -0.4 is 0 Å². The van der Waals surface area contributed by atoms with Crippen LogP contribution in [0.1, 0.15) is 24.3 Å². The Morgan fingerprint density at radius 3 is 2.71 bits per heavy atom. The molecule has 0 spiro atoms. The fourth-order valence-electron chi connectivity index (χ4n) is 2.27. The van der Waals surface area contributed by atoms with E-state index in [4.69, 9.17) is 0 Å². The summed E-state index contributed by atoms with van der Waals surface area (Å²) in [6, 6.07) is 7.59. The second-order valence-electron chi connectivity index (χ2n) is 4.45. The molecule has 1 unspecified atom stereocenters. The van der Waals surface area contributed by atoms with Crippen molar-refractivity contribution in [1.29, 1.82) is 0 Å². The van der Waals surface area contributed by atoms with Crippen LogP contribution in [-0.2, 0) is 4.79 Å². The number of hydrogen-bond acceptors (Lipinski definition) is 2. The molecule has 0 bridgehead atoms. The van der Waals surface area contributed by atoms with Crippen molar-refractivity contribution in [2.45, 2.75) is 18.8 Å². The highest BCUT2D eigenvalue weighted by Gasteiger charge is 2.24. The molecule has 1 N–H and O–H groups in total. The Bertz CT molecular complexity index is 402. The molecule has 1 saturated heterocycles. The van der Waals surface area contributed by atoms with Crippen molar-refractivity contribution in [2.24, 2.45) is 0 Å². The molecule has 1 atom stereocenters. The van der Waals surface area contributed by atoms with Gasteiger partial charge in [0.1, 0.15) is 0 Å². The minimum absolute atomic E-state index is 0.425. The molecule has 2 rings (SSSR count). The molecule has 0 amide bonds. The number of halogens is 1. The monoisotopic (exact) mass is 297 g/mol. The number of rotatable bonds is 4. The van der Waals surface area contributed by atoms with Gasteiger partial charge in [0.25, 0.3) is 0 Å². The summed E-state index contributed by atoms with van der Waals surface area (Å²) in [5, 5.41) is 9.34. The summed E-state index contributed by atoms with van der Waals surface area (Å²) < 4.78 is 0.933. The van der Waals surface area contributed by atoms with Gasteiger partial charge in [-0.05, 0) is 43.6 Å². The van der Waals surface area contributed by atoms with E-state index in [1.807, 2.05) is 24.3 Å². The van der Waals surface area contributed by atoms with E-state index in [0.717, 1.165) is 23.1 Å². The van der Waals surface area contributed by atoms with Crippen LogP contribution in [-0.4, -0.2) is 35.6 Å². The number of carboxylic acids is 1. The molecule has 1 heterocycles. The maximum absolute atomic E-state index is 11.4.